The zero-order chi connectivity index (χ0) is 23.1. The largest absolute Gasteiger partial charge is 0.433 e. The van der Waals surface area contributed by atoms with Crippen molar-refractivity contribution in [3.05, 3.63) is 82.9 Å². The first-order valence-electron chi connectivity index (χ1n) is 9.11. The Kier molecular flexibility index (Phi) is 5.12. The molecule has 0 amide bonds. The number of alkyl halides is 6. The zero-order valence-corrected chi connectivity index (χ0v) is 16.3. The second-order valence-electron chi connectivity index (χ2n) is 6.83. The maximum absolute atomic E-state index is 13.7. The Morgan fingerprint density at radius 2 is 1.59 bits per heavy atom. The lowest BCUT2D eigenvalue weighted by Gasteiger charge is -2.12. The molecule has 0 aliphatic rings. The average Bonchev–Trinajstić information content (AvgIpc) is 3.13. The highest BCUT2D eigenvalue weighted by Gasteiger charge is 2.36. The molecule has 0 aliphatic heterocycles. The van der Waals surface area contributed by atoms with Gasteiger partial charge in [-0.15, -0.1) is 0 Å². The van der Waals surface area contributed by atoms with Crippen molar-refractivity contribution in [2.45, 2.75) is 19.3 Å². The third kappa shape index (κ3) is 4.27. The number of aryl methyl sites for hydroxylation is 1. The smallest absolute Gasteiger partial charge is 0.262 e. The molecule has 0 aliphatic carbocycles. The lowest BCUT2D eigenvalue weighted by Crippen LogP contribution is -2.13. The predicted octanol–water partition coefficient (Wildman–Crippen LogP) is 5.54. The van der Waals surface area contributed by atoms with E-state index in [1.165, 1.54) is 0 Å². The first-order chi connectivity index (χ1) is 15.0. The van der Waals surface area contributed by atoms with Crippen LogP contribution in [0.15, 0.2) is 54.9 Å². The molecule has 0 fully saturated rings. The van der Waals surface area contributed by atoms with Crippen LogP contribution in [0.4, 0.5) is 26.3 Å². The highest BCUT2D eigenvalue weighted by Crippen LogP contribution is 2.34. The second-order valence-corrected chi connectivity index (χ2v) is 6.83. The molecule has 10 heteroatoms. The lowest BCUT2D eigenvalue weighted by molar-refractivity contribution is -0.142. The maximum Gasteiger partial charge on any atom is 0.433 e. The van der Waals surface area contributed by atoms with Gasteiger partial charge in [0.15, 0.2) is 11.3 Å². The third-order valence-electron chi connectivity index (χ3n) is 4.51. The second kappa shape index (κ2) is 7.67. The first kappa shape index (κ1) is 21.4. The van der Waals surface area contributed by atoms with E-state index >= 15 is 0 Å². The van der Waals surface area contributed by atoms with Gasteiger partial charge in [0.1, 0.15) is 0 Å². The molecular weight excluding hydrogens is 434 g/mol. The van der Waals surface area contributed by atoms with Crippen LogP contribution in [0.1, 0.15) is 28.1 Å². The van der Waals surface area contributed by atoms with Crippen molar-refractivity contribution < 1.29 is 26.3 Å². The number of aromatic nitrogens is 4. The Morgan fingerprint density at radius 3 is 2.22 bits per heavy atom. The Labute approximate surface area is 177 Å². The van der Waals surface area contributed by atoms with Crippen molar-refractivity contribution in [1.29, 1.82) is 0 Å². The Balaban J connectivity index is 1.86. The van der Waals surface area contributed by atoms with Gasteiger partial charge in [0, 0.05) is 23.0 Å². The quantitative estimate of drug-likeness (QED) is 0.285. The molecule has 0 radical (unpaired) electrons. The molecule has 1 aromatic carbocycles. The summed E-state index contributed by atoms with van der Waals surface area (Å²) in [7, 11) is 0. The van der Waals surface area contributed by atoms with E-state index in [1.54, 1.807) is 25.3 Å². The molecule has 4 nitrogen and oxygen atoms in total. The number of halogens is 6. The predicted molar refractivity (Wildman–Crippen MR) is 103 cm³/mol. The SMILES string of the molecule is Cc1cc(C#Cc2cnn3c(C(F)(F)F)cc(-c4ccc(C(F)(F)F)cc4)nc23)ccn1. The molecule has 4 aromatic rings. The van der Waals surface area contributed by atoms with Crippen LogP contribution in [-0.4, -0.2) is 19.6 Å². The summed E-state index contributed by atoms with van der Waals surface area (Å²) in [6, 6.07) is 7.82. The van der Waals surface area contributed by atoms with Gasteiger partial charge in [-0.25, -0.2) is 9.50 Å². The highest BCUT2D eigenvalue weighted by molar-refractivity contribution is 5.67. The van der Waals surface area contributed by atoms with Gasteiger partial charge in [0.25, 0.3) is 0 Å². The summed E-state index contributed by atoms with van der Waals surface area (Å²) in [6.45, 7) is 1.77. The molecule has 3 heterocycles. The molecular formula is C22H12F6N4. The van der Waals surface area contributed by atoms with Crippen LogP contribution in [0.5, 0.6) is 0 Å². The molecule has 4 rings (SSSR count). The molecule has 0 atom stereocenters. The molecule has 32 heavy (non-hydrogen) atoms. The molecule has 0 saturated carbocycles. The molecule has 0 bridgehead atoms. The maximum atomic E-state index is 13.7. The molecule has 0 saturated heterocycles. The molecule has 162 valence electrons. The van der Waals surface area contributed by atoms with Gasteiger partial charge < -0.3 is 0 Å². The summed E-state index contributed by atoms with van der Waals surface area (Å²) in [5.74, 6) is 5.59. The minimum absolute atomic E-state index is 0.0934. The van der Waals surface area contributed by atoms with E-state index in [0.717, 1.165) is 42.2 Å². The molecule has 0 unspecified atom stereocenters. The summed E-state index contributed by atoms with van der Waals surface area (Å²) in [5.41, 5.74) is -0.790. The van der Waals surface area contributed by atoms with Crippen molar-refractivity contribution >= 4 is 5.65 Å². The lowest BCUT2D eigenvalue weighted by atomic mass is 10.1. The van der Waals surface area contributed by atoms with Crippen molar-refractivity contribution in [1.82, 2.24) is 19.6 Å². The standard InChI is InChI=1S/C22H12F6N4/c1-13-10-14(8-9-29-13)2-3-16-12-30-32-19(22(26,27)28)11-18(31-20(16)32)15-4-6-17(7-5-15)21(23,24)25/h4-12H,1H3. The van der Waals surface area contributed by atoms with E-state index in [1.807, 2.05) is 0 Å². The summed E-state index contributed by atoms with van der Waals surface area (Å²) in [4.78, 5) is 8.25. The van der Waals surface area contributed by atoms with Crippen LogP contribution in [0.25, 0.3) is 16.9 Å². The van der Waals surface area contributed by atoms with E-state index in [9.17, 15) is 26.3 Å². The van der Waals surface area contributed by atoms with Gasteiger partial charge in [-0.3, -0.25) is 4.98 Å². The van der Waals surface area contributed by atoms with Crippen molar-refractivity contribution in [3.63, 3.8) is 0 Å². The fourth-order valence-corrected chi connectivity index (χ4v) is 2.99. The van der Waals surface area contributed by atoms with Crippen LogP contribution in [0.3, 0.4) is 0 Å². The fourth-order valence-electron chi connectivity index (χ4n) is 2.99. The topological polar surface area (TPSA) is 43.1 Å². The van der Waals surface area contributed by atoms with E-state index in [4.69, 9.17) is 0 Å². The number of pyridine rings is 1. The number of fused-ring (bicyclic) bond motifs is 1. The monoisotopic (exact) mass is 446 g/mol. The van der Waals surface area contributed by atoms with Crippen LogP contribution in [-0.2, 0) is 12.4 Å². The molecule has 3 aromatic heterocycles. The zero-order valence-electron chi connectivity index (χ0n) is 16.3. The Bertz CT molecular complexity index is 1360. The number of nitrogens with zero attached hydrogens (tertiary/aromatic N) is 4. The number of rotatable bonds is 1. The fraction of sp³-hybridized carbons (Fsp3) is 0.136. The normalized spacial score (nSPS) is 12.0. The number of benzene rings is 1. The summed E-state index contributed by atoms with van der Waals surface area (Å²) < 4.78 is 80.0. The average molecular weight is 446 g/mol. The van der Waals surface area contributed by atoms with Gasteiger partial charge in [0.2, 0.25) is 0 Å². The van der Waals surface area contributed by atoms with Crippen molar-refractivity contribution in [2.24, 2.45) is 0 Å². The van der Waals surface area contributed by atoms with Crippen LogP contribution >= 0.6 is 0 Å². The number of hydrogen-bond acceptors (Lipinski definition) is 3. The van der Waals surface area contributed by atoms with Crippen molar-refractivity contribution in [3.8, 4) is 23.1 Å². The van der Waals surface area contributed by atoms with E-state index in [0.29, 0.717) is 10.1 Å². The van der Waals surface area contributed by atoms with Gasteiger partial charge >= 0.3 is 12.4 Å². The van der Waals surface area contributed by atoms with E-state index in [-0.39, 0.29) is 22.5 Å². The Hall–Kier alpha value is -3.87. The van der Waals surface area contributed by atoms with Gasteiger partial charge in [-0.1, -0.05) is 24.0 Å². The van der Waals surface area contributed by atoms with Gasteiger partial charge in [-0.05, 0) is 37.3 Å². The van der Waals surface area contributed by atoms with E-state index in [2.05, 4.69) is 26.9 Å². The molecule has 0 spiro atoms. The highest BCUT2D eigenvalue weighted by atomic mass is 19.4. The molecule has 0 N–H and O–H groups in total. The summed E-state index contributed by atoms with van der Waals surface area (Å²) in [5, 5.41) is 3.77. The van der Waals surface area contributed by atoms with E-state index < -0.39 is 23.6 Å². The van der Waals surface area contributed by atoms with Crippen LogP contribution in [0, 0.1) is 18.8 Å². The summed E-state index contributed by atoms with van der Waals surface area (Å²) in [6.07, 6.45) is -6.62. The van der Waals surface area contributed by atoms with Crippen molar-refractivity contribution in [2.75, 3.05) is 0 Å². The first-order valence-corrected chi connectivity index (χ1v) is 9.11. The third-order valence-corrected chi connectivity index (χ3v) is 4.51. The summed E-state index contributed by atoms with van der Waals surface area (Å²) >= 11 is 0. The minimum atomic E-state index is -4.78. The van der Waals surface area contributed by atoms with Gasteiger partial charge in [0.05, 0.1) is 23.0 Å². The minimum Gasteiger partial charge on any atom is -0.262 e. The Morgan fingerprint density at radius 1 is 0.875 bits per heavy atom. The van der Waals surface area contributed by atoms with Gasteiger partial charge in [-0.2, -0.15) is 31.4 Å². The number of hydrogen-bond donors (Lipinski definition) is 0. The van der Waals surface area contributed by atoms with Crippen LogP contribution in [0.2, 0.25) is 0 Å². The van der Waals surface area contributed by atoms with Crippen LogP contribution < -0.4 is 0 Å².